The van der Waals surface area contributed by atoms with Crippen LogP contribution in [0.25, 0.3) is 0 Å². The van der Waals surface area contributed by atoms with Crippen LogP contribution >= 0.6 is 0 Å². The van der Waals surface area contributed by atoms with Gasteiger partial charge in [-0.1, -0.05) is 331 Å². The third kappa shape index (κ3) is 50.5. The molecule has 88 heavy (non-hydrogen) atoms. The molecule has 0 aliphatic carbocycles. The van der Waals surface area contributed by atoms with Gasteiger partial charge in [0, 0.05) is 6.42 Å². The third-order valence-corrected chi connectivity index (χ3v) is 17.1. The molecule has 1 aliphatic rings. The van der Waals surface area contributed by atoms with Gasteiger partial charge < -0.3 is 45.1 Å². The van der Waals surface area contributed by atoms with Crippen LogP contribution in [0.1, 0.15) is 329 Å². The van der Waals surface area contributed by atoms with Crippen LogP contribution in [-0.4, -0.2) is 99.6 Å². The number of hydrogen-bond donors (Lipinski definition) is 6. The first-order valence-corrected chi connectivity index (χ1v) is 36.9. The number of rotatable bonds is 63. The van der Waals surface area contributed by atoms with Gasteiger partial charge in [0.15, 0.2) is 12.4 Å². The maximum atomic E-state index is 13.5. The van der Waals surface area contributed by atoms with Crippen LogP contribution < -0.4 is 5.32 Å². The molecule has 1 aliphatic heterocycles. The van der Waals surface area contributed by atoms with Crippen molar-refractivity contribution in [2.45, 2.75) is 378 Å². The lowest BCUT2D eigenvalue weighted by Gasteiger charge is -2.41. The maximum Gasteiger partial charge on any atom is 0.306 e. The Bertz CT molecular complexity index is 1760. The van der Waals surface area contributed by atoms with Gasteiger partial charge in [0.05, 0.1) is 25.4 Å². The van der Waals surface area contributed by atoms with E-state index in [1.807, 2.05) is 6.08 Å². The zero-order chi connectivity index (χ0) is 63.9. The van der Waals surface area contributed by atoms with Gasteiger partial charge in [0.1, 0.15) is 24.4 Å². The summed E-state index contributed by atoms with van der Waals surface area (Å²) in [5.74, 6) is -1.21. The van der Waals surface area contributed by atoms with Crippen LogP contribution in [-0.2, 0) is 23.8 Å². The number of nitrogens with one attached hydrogen (secondary N) is 1. The summed E-state index contributed by atoms with van der Waals surface area (Å²) in [7, 11) is 0. The molecule has 1 rings (SSSR count). The molecule has 11 nitrogen and oxygen atoms in total. The molecule has 0 saturated carbocycles. The quantitative estimate of drug-likeness (QED) is 0.0195. The normalized spacial score (nSPS) is 18.7. The Morgan fingerprint density at radius 2 is 0.818 bits per heavy atom. The van der Waals surface area contributed by atoms with Crippen molar-refractivity contribution in [2.24, 2.45) is 0 Å². The van der Waals surface area contributed by atoms with Gasteiger partial charge in [0.2, 0.25) is 5.91 Å². The van der Waals surface area contributed by atoms with Crippen LogP contribution in [0.3, 0.4) is 0 Å². The van der Waals surface area contributed by atoms with Gasteiger partial charge in [-0.15, -0.1) is 0 Å². The molecule has 0 aromatic rings. The Hall–Kier alpha value is -3.16. The molecule has 6 N–H and O–H groups in total. The van der Waals surface area contributed by atoms with Crippen molar-refractivity contribution in [2.75, 3.05) is 13.2 Å². The Morgan fingerprint density at radius 1 is 0.455 bits per heavy atom. The lowest BCUT2D eigenvalue weighted by Crippen LogP contribution is -2.61. The molecule has 1 heterocycles. The first-order valence-electron chi connectivity index (χ1n) is 36.9. The van der Waals surface area contributed by atoms with Gasteiger partial charge in [-0.3, -0.25) is 9.59 Å². The number of carbonyl (C=O) groups excluding carboxylic acids is 2. The lowest BCUT2D eigenvalue weighted by atomic mass is 9.99. The zero-order valence-electron chi connectivity index (χ0n) is 56.8. The van der Waals surface area contributed by atoms with Crippen molar-refractivity contribution in [1.29, 1.82) is 0 Å². The SMILES string of the molecule is CC/C=C\C/C=C\C/C=C\C/C=C\C/C=C\C/C=C\CCCCCC(O)C(=O)NC(COC1OC(CO)C(O)C(O)C1OC(=O)CCCCCCCCCCCCCCCCCCCCCCCCCCC)C(O)/C=C/CCCCCCCCCCCC. The van der Waals surface area contributed by atoms with E-state index < -0.39 is 67.4 Å². The zero-order valence-corrected chi connectivity index (χ0v) is 56.8. The second kappa shape index (κ2) is 64.0. The highest BCUT2D eigenvalue weighted by Gasteiger charge is 2.47. The highest BCUT2D eigenvalue weighted by Crippen LogP contribution is 2.26. The van der Waals surface area contributed by atoms with E-state index in [0.717, 1.165) is 96.3 Å². The molecule has 8 atom stereocenters. The van der Waals surface area contributed by atoms with Crippen molar-refractivity contribution in [3.63, 3.8) is 0 Å². The summed E-state index contributed by atoms with van der Waals surface area (Å²) in [5.41, 5.74) is 0. The Balaban J connectivity index is 2.57. The minimum Gasteiger partial charge on any atom is -0.454 e. The summed E-state index contributed by atoms with van der Waals surface area (Å²) in [6, 6.07) is -1.04. The molecule has 1 fully saturated rings. The third-order valence-electron chi connectivity index (χ3n) is 17.1. The van der Waals surface area contributed by atoms with Crippen molar-refractivity contribution in [3.05, 3.63) is 85.1 Å². The van der Waals surface area contributed by atoms with Crippen LogP contribution in [0, 0.1) is 0 Å². The fourth-order valence-corrected chi connectivity index (χ4v) is 11.3. The molecule has 0 aromatic heterocycles. The number of allylic oxidation sites excluding steroid dienone is 13. The predicted octanol–water partition coefficient (Wildman–Crippen LogP) is 19.2. The van der Waals surface area contributed by atoms with Crippen LogP contribution in [0.15, 0.2) is 85.1 Å². The number of carbonyl (C=O) groups is 2. The van der Waals surface area contributed by atoms with Crippen LogP contribution in [0.4, 0.5) is 0 Å². The van der Waals surface area contributed by atoms with E-state index in [4.69, 9.17) is 14.2 Å². The van der Waals surface area contributed by atoms with Gasteiger partial charge in [0.25, 0.3) is 0 Å². The maximum absolute atomic E-state index is 13.5. The molecule has 0 bridgehead atoms. The standard InChI is InChI=1S/C77H137NO10/c1-4-7-10-13-16-19-22-25-27-29-31-33-35-36-37-39-41-43-45-47-50-53-56-59-62-65-72(82)88-75-74(84)73(83)71(66-79)87-77(75)86-67-68(69(80)63-60-57-54-51-48-24-21-18-15-12-9-6-3)78-76(85)70(81)64-61-58-55-52-49-46-44-42-40-38-34-32-30-28-26-23-20-17-14-11-8-5-2/h8,11,17,20,26,28,32,34,40,42,46,49,60,63,68-71,73-75,77,79-81,83-84H,4-7,9-10,12-16,18-19,21-25,27,29-31,33,35-39,41,43-45,47-48,50-59,61-62,64-67H2,1-3H3,(H,78,85)/b11-8-,20-17-,28-26-,34-32-,42-40-,49-46-,63-60+. The molecule has 0 spiro atoms. The van der Waals surface area contributed by atoms with Crippen LogP contribution in [0.5, 0.6) is 0 Å². The van der Waals surface area contributed by atoms with E-state index in [9.17, 15) is 35.1 Å². The second-order valence-corrected chi connectivity index (χ2v) is 25.3. The van der Waals surface area contributed by atoms with Crippen LogP contribution in [0.2, 0.25) is 0 Å². The summed E-state index contributed by atoms with van der Waals surface area (Å²) >= 11 is 0. The average molecular weight is 1240 g/mol. The number of amides is 1. The number of ether oxygens (including phenoxy) is 3. The Labute approximate surface area is 540 Å². The monoisotopic (exact) mass is 1240 g/mol. The first-order chi connectivity index (χ1) is 43.2. The summed E-state index contributed by atoms with van der Waals surface area (Å²) in [6.07, 6.45) is 74.9. The molecular formula is C77H137NO10. The molecule has 11 heteroatoms. The minimum absolute atomic E-state index is 0.121. The highest BCUT2D eigenvalue weighted by atomic mass is 16.7. The molecule has 0 aromatic carbocycles. The Kier molecular flexibility index (Phi) is 60.2. The largest absolute Gasteiger partial charge is 0.454 e. The summed E-state index contributed by atoms with van der Waals surface area (Å²) < 4.78 is 17.7. The van der Waals surface area contributed by atoms with Gasteiger partial charge in [-0.2, -0.15) is 0 Å². The smallest absolute Gasteiger partial charge is 0.306 e. The van der Waals surface area contributed by atoms with Gasteiger partial charge in [-0.25, -0.2) is 0 Å². The molecule has 510 valence electrons. The predicted molar refractivity (Wildman–Crippen MR) is 370 cm³/mol. The number of hydrogen-bond acceptors (Lipinski definition) is 10. The molecule has 1 saturated heterocycles. The second-order valence-electron chi connectivity index (χ2n) is 25.3. The Morgan fingerprint density at radius 3 is 1.23 bits per heavy atom. The molecular weight excluding hydrogens is 1100 g/mol. The molecule has 1 amide bonds. The topological polar surface area (TPSA) is 175 Å². The summed E-state index contributed by atoms with van der Waals surface area (Å²) in [6.45, 7) is 5.70. The lowest BCUT2D eigenvalue weighted by molar-refractivity contribution is -0.305. The van der Waals surface area contributed by atoms with E-state index >= 15 is 0 Å². The van der Waals surface area contributed by atoms with Crippen molar-refractivity contribution < 1.29 is 49.3 Å². The van der Waals surface area contributed by atoms with Gasteiger partial charge >= 0.3 is 5.97 Å². The number of esters is 1. The fourth-order valence-electron chi connectivity index (χ4n) is 11.3. The van der Waals surface area contributed by atoms with Gasteiger partial charge in [-0.05, 0) is 77.0 Å². The van der Waals surface area contributed by atoms with Crippen molar-refractivity contribution in [3.8, 4) is 0 Å². The fraction of sp³-hybridized carbons (Fsp3) is 0.792. The van der Waals surface area contributed by atoms with E-state index in [1.165, 1.54) is 186 Å². The number of aliphatic hydroxyl groups excluding tert-OH is 5. The first kappa shape index (κ1) is 82.9. The van der Waals surface area contributed by atoms with E-state index in [-0.39, 0.29) is 19.4 Å². The summed E-state index contributed by atoms with van der Waals surface area (Å²) in [4.78, 5) is 26.7. The molecule has 8 unspecified atom stereocenters. The average Bonchev–Trinajstić information content (AvgIpc) is 2.54. The number of aliphatic hydroxyl groups is 5. The van der Waals surface area contributed by atoms with Crippen molar-refractivity contribution >= 4 is 11.9 Å². The number of unbranched alkanes of at least 4 members (excludes halogenated alkanes) is 37. The van der Waals surface area contributed by atoms with Crippen molar-refractivity contribution in [1.82, 2.24) is 5.32 Å². The van der Waals surface area contributed by atoms with E-state index in [2.05, 4.69) is 99.0 Å². The molecule has 0 radical (unpaired) electrons. The van der Waals surface area contributed by atoms with E-state index in [1.54, 1.807) is 6.08 Å². The van der Waals surface area contributed by atoms with E-state index in [0.29, 0.717) is 12.8 Å². The highest BCUT2D eigenvalue weighted by molar-refractivity contribution is 5.80. The summed E-state index contributed by atoms with van der Waals surface area (Å²) in [5, 5.41) is 57.3. The minimum atomic E-state index is -1.62.